The number of β-amino-alcohol motifs (C(OH)–C–C–N with tert-alkyl or cyclic N) is 1. The van der Waals surface area contributed by atoms with Crippen LogP contribution >= 0.6 is 0 Å². The van der Waals surface area contributed by atoms with E-state index in [1.54, 1.807) is 7.11 Å². The van der Waals surface area contributed by atoms with Crippen LogP contribution in [-0.2, 0) is 4.74 Å². The summed E-state index contributed by atoms with van der Waals surface area (Å²) < 4.78 is 5.12. The summed E-state index contributed by atoms with van der Waals surface area (Å²) in [6.07, 6.45) is 1.78. The molecule has 1 rings (SSSR count). The van der Waals surface area contributed by atoms with Gasteiger partial charge < -0.3 is 14.7 Å². The minimum atomic E-state index is -0.157. The van der Waals surface area contributed by atoms with Crippen molar-refractivity contribution in [3.05, 3.63) is 0 Å². The van der Waals surface area contributed by atoms with Crippen LogP contribution in [0.25, 0.3) is 0 Å². The number of rotatable bonds is 6. The highest BCUT2D eigenvalue weighted by Gasteiger charge is 2.33. The fourth-order valence-electron chi connectivity index (χ4n) is 2.51. The molecule has 16 heavy (non-hydrogen) atoms. The maximum absolute atomic E-state index is 9.77. The molecule has 0 saturated carbocycles. The molecule has 0 aromatic heterocycles. The molecule has 0 spiro atoms. The molecule has 96 valence electrons. The van der Waals surface area contributed by atoms with E-state index >= 15 is 0 Å². The third-order valence-electron chi connectivity index (χ3n) is 3.32. The second-order valence-electron chi connectivity index (χ2n) is 5.13. The molecule has 1 fully saturated rings. The third kappa shape index (κ3) is 4.01. The number of likely N-dealkylation sites (N-methyl/N-ethyl adjacent to an activating group) is 1. The highest BCUT2D eigenvalue weighted by Crippen LogP contribution is 2.22. The number of likely N-dealkylation sites (tertiary alicyclic amines) is 1. The van der Waals surface area contributed by atoms with Crippen molar-refractivity contribution in [3.63, 3.8) is 0 Å². The van der Waals surface area contributed by atoms with Crippen molar-refractivity contribution >= 4 is 0 Å². The average Bonchev–Trinajstić information content (AvgIpc) is 2.55. The Morgan fingerprint density at radius 1 is 1.50 bits per heavy atom. The van der Waals surface area contributed by atoms with Crippen molar-refractivity contribution in [1.82, 2.24) is 9.80 Å². The molecule has 1 heterocycles. The monoisotopic (exact) mass is 230 g/mol. The summed E-state index contributed by atoms with van der Waals surface area (Å²) in [5, 5.41) is 9.77. The topological polar surface area (TPSA) is 35.9 Å². The van der Waals surface area contributed by atoms with Gasteiger partial charge >= 0.3 is 0 Å². The molecule has 1 N–H and O–H groups in total. The van der Waals surface area contributed by atoms with Crippen LogP contribution in [0, 0.1) is 0 Å². The van der Waals surface area contributed by atoms with Crippen LogP contribution in [-0.4, -0.2) is 74.0 Å². The third-order valence-corrected chi connectivity index (χ3v) is 3.32. The lowest BCUT2D eigenvalue weighted by Gasteiger charge is -2.31. The fraction of sp³-hybridized carbons (Fsp3) is 1.00. The number of hydrogen-bond donors (Lipinski definition) is 1. The molecule has 0 aliphatic carbocycles. The molecule has 0 aromatic rings. The zero-order valence-electron chi connectivity index (χ0n) is 11.0. The number of hydrogen-bond acceptors (Lipinski definition) is 4. The molecule has 0 amide bonds. The van der Waals surface area contributed by atoms with Crippen molar-refractivity contribution in [2.24, 2.45) is 0 Å². The standard InChI is InChI=1S/C12H26N2O2/c1-10(5-6-16-4)14-9-12(15)7-11(14)8-13(2)3/h10-12,15H,5-9H2,1-4H3. The maximum Gasteiger partial charge on any atom is 0.0682 e. The first kappa shape index (κ1) is 13.9. The minimum absolute atomic E-state index is 0.157. The van der Waals surface area contributed by atoms with Gasteiger partial charge in [0.25, 0.3) is 0 Å². The minimum Gasteiger partial charge on any atom is -0.392 e. The van der Waals surface area contributed by atoms with Crippen LogP contribution in [0.2, 0.25) is 0 Å². The van der Waals surface area contributed by atoms with Gasteiger partial charge in [0.05, 0.1) is 6.10 Å². The maximum atomic E-state index is 9.77. The normalized spacial score (nSPS) is 28.9. The fourth-order valence-corrected chi connectivity index (χ4v) is 2.51. The molecule has 0 bridgehead atoms. The largest absolute Gasteiger partial charge is 0.392 e. The molecule has 1 aliphatic heterocycles. The number of nitrogens with zero attached hydrogens (tertiary/aromatic N) is 2. The van der Waals surface area contributed by atoms with Crippen LogP contribution in [0.5, 0.6) is 0 Å². The number of aliphatic hydroxyl groups is 1. The summed E-state index contributed by atoms with van der Waals surface area (Å²) in [7, 11) is 5.91. The molecular weight excluding hydrogens is 204 g/mol. The van der Waals surface area contributed by atoms with Crippen molar-refractivity contribution in [3.8, 4) is 0 Å². The van der Waals surface area contributed by atoms with E-state index in [1.165, 1.54) is 0 Å². The van der Waals surface area contributed by atoms with Crippen LogP contribution < -0.4 is 0 Å². The van der Waals surface area contributed by atoms with Crippen molar-refractivity contribution < 1.29 is 9.84 Å². The van der Waals surface area contributed by atoms with E-state index in [9.17, 15) is 5.11 Å². The number of ether oxygens (including phenoxy) is 1. The van der Waals surface area contributed by atoms with Gasteiger partial charge in [-0.1, -0.05) is 0 Å². The van der Waals surface area contributed by atoms with Gasteiger partial charge in [-0.05, 0) is 33.9 Å². The molecule has 3 atom stereocenters. The smallest absolute Gasteiger partial charge is 0.0682 e. The molecule has 4 nitrogen and oxygen atoms in total. The zero-order valence-corrected chi connectivity index (χ0v) is 11.0. The number of aliphatic hydroxyl groups excluding tert-OH is 1. The first-order valence-corrected chi connectivity index (χ1v) is 6.12. The van der Waals surface area contributed by atoms with Crippen molar-refractivity contribution in [1.29, 1.82) is 0 Å². The average molecular weight is 230 g/mol. The predicted octanol–water partition coefficient (Wildman–Crippen LogP) is 0.408. The summed E-state index contributed by atoms with van der Waals surface area (Å²) in [6, 6.07) is 0.971. The van der Waals surface area contributed by atoms with E-state index in [0.29, 0.717) is 12.1 Å². The van der Waals surface area contributed by atoms with Crippen LogP contribution in [0.3, 0.4) is 0 Å². The highest BCUT2D eigenvalue weighted by molar-refractivity contribution is 4.89. The molecule has 3 unspecified atom stereocenters. The van der Waals surface area contributed by atoms with Crippen LogP contribution in [0.4, 0.5) is 0 Å². The highest BCUT2D eigenvalue weighted by atomic mass is 16.5. The Labute approximate surface area is 99.2 Å². The van der Waals surface area contributed by atoms with Crippen LogP contribution in [0.15, 0.2) is 0 Å². The Kier molecular flexibility index (Phi) is 5.69. The first-order chi connectivity index (χ1) is 7.54. The van der Waals surface area contributed by atoms with Gasteiger partial charge in [-0.2, -0.15) is 0 Å². The lowest BCUT2D eigenvalue weighted by Crippen LogP contribution is -2.43. The van der Waals surface area contributed by atoms with Gasteiger partial charge in [-0.15, -0.1) is 0 Å². The Morgan fingerprint density at radius 2 is 2.19 bits per heavy atom. The van der Waals surface area contributed by atoms with E-state index in [2.05, 4.69) is 30.8 Å². The lowest BCUT2D eigenvalue weighted by atomic mass is 10.1. The second-order valence-corrected chi connectivity index (χ2v) is 5.13. The summed E-state index contributed by atoms with van der Waals surface area (Å²) in [6.45, 7) is 4.85. The van der Waals surface area contributed by atoms with Gasteiger partial charge in [0.2, 0.25) is 0 Å². The molecule has 1 saturated heterocycles. The summed E-state index contributed by atoms with van der Waals surface area (Å²) in [5.74, 6) is 0. The summed E-state index contributed by atoms with van der Waals surface area (Å²) in [4.78, 5) is 4.61. The van der Waals surface area contributed by atoms with Gasteiger partial charge in [-0.25, -0.2) is 0 Å². The summed E-state index contributed by atoms with van der Waals surface area (Å²) >= 11 is 0. The SMILES string of the molecule is COCCC(C)N1CC(O)CC1CN(C)C. The first-order valence-electron chi connectivity index (χ1n) is 6.12. The van der Waals surface area contributed by atoms with Crippen LogP contribution in [0.1, 0.15) is 19.8 Å². The molecule has 0 aromatic carbocycles. The Hall–Kier alpha value is -0.160. The van der Waals surface area contributed by atoms with E-state index in [1.807, 2.05) is 0 Å². The Bertz CT molecular complexity index is 199. The van der Waals surface area contributed by atoms with Gasteiger partial charge in [0.1, 0.15) is 0 Å². The van der Waals surface area contributed by atoms with E-state index in [0.717, 1.165) is 32.5 Å². The predicted molar refractivity (Wildman–Crippen MR) is 65.6 cm³/mol. The van der Waals surface area contributed by atoms with Gasteiger partial charge in [0.15, 0.2) is 0 Å². The Balaban J connectivity index is 2.47. The van der Waals surface area contributed by atoms with E-state index in [4.69, 9.17) is 4.74 Å². The quantitative estimate of drug-likeness (QED) is 0.717. The molecule has 4 heteroatoms. The Morgan fingerprint density at radius 3 is 2.75 bits per heavy atom. The van der Waals surface area contributed by atoms with Gasteiger partial charge in [0, 0.05) is 38.9 Å². The lowest BCUT2D eigenvalue weighted by molar-refractivity contribution is 0.110. The molecular formula is C12H26N2O2. The van der Waals surface area contributed by atoms with Crippen molar-refractivity contribution in [2.45, 2.75) is 38.0 Å². The molecule has 1 aliphatic rings. The number of methoxy groups -OCH3 is 1. The van der Waals surface area contributed by atoms with Gasteiger partial charge in [-0.3, -0.25) is 4.90 Å². The van der Waals surface area contributed by atoms with Crippen molar-refractivity contribution in [2.75, 3.05) is 40.9 Å². The molecule has 0 radical (unpaired) electrons. The van der Waals surface area contributed by atoms with E-state index in [-0.39, 0.29) is 6.10 Å². The second kappa shape index (κ2) is 6.55. The summed E-state index contributed by atoms with van der Waals surface area (Å²) in [5.41, 5.74) is 0. The zero-order chi connectivity index (χ0) is 12.1. The van der Waals surface area contributed by atoms with E-state index < -0.39 is 0 Å².